The number of alkyl carbamates (subject to hydrolysis) is 1. The van der Waals surface area contributed by atoms with Crippen molar-refractivity contribution < 1.29 is 22.4 Å². The molecule has 2 aromatic heterocycles. The fraction of sp³-hybridized carbons (Fsp3) is 0.444. The van der Waals surface area contributed by atoms with Gasteiger partial charge in [-0.3, -0.25) is 0 Å². The molecule has 12 heteroatoms. The second-order valence-corrected chi connectivity index (χ2v) is 21.0. The second kappa shape index (κ2) is 14.3. The van der Waals surface area contributed by atoms with Gasteiger partial charge < -0.3 is 25.5 Å². The molecule has 1 fully saturated rings. The van der Waals surface area contributed by atoms with Gasteiger partial charge in [0.1, 0.15) is 6.61 Å². The number of hydrogen-bond donors (Lipinski definition) is 3. The first kappa shape index (κ1) is 35.4. The summed E-state index contributed by atoms with van der Waals surface area (Å²) in [6.45, 7) is 12.1. The smallest absolute Gasteiger partial charge is 0.407 e. The van der Waals surface area contributed by atoms with Crippen molar-refractivity contribution >= 4 is 46.8 Å². The van der Waals surface area contributed by atoms with Crippen LogP contribution in [0.3, 0.4) is 0 Å². The molecule has 0 spiro atoms. The lowest BCUT2D eigenvalue weighted by Gasteiger charge is -2.42. The number of aromatic nitrogens is 2. The maximum Gasteiger partial charge on any atom is 0.407 e. The Morgan fingerprint density at radius 1 is 1.04 bits per heavy atom. The number of anilines is 2. The van der Waals surface area contributed by atoms with E-state index in [9.17, 15) is 13.2 Å². The molecule has 0 unspecified atom stereocenters. The molecule has 2 heterocycles. The number of rotatable bonds is 12. The Hall–Kier alpha value is -3.87. The molecular formula is C36H49N5O5SSi. The van der Waals surface area contributed by atoms with E-state index in [2.05, 4.69) is 49.5 Å². The third kappa shape index (κ3) is 8.04. The van der Waals surface area contributed by atoms with E-state index in [1.54, 1.807) is 36.4 Å². The maximum absolute atomic E-state index is 13.4. The average molecular weight is 692 g/mol. The molecule has 0 bridgehead atoms. The van der Waals surface area contributed by atoms with Crippen molar-refractivity contribution in [1.29, 1.82) is 0 Å². The van der Waals surface area contributed by atoms with Gasteiger partial charge in [-0.05, 0) is 80.4 Å². The van der Waals surface area contributed by atoms with E-state index in [1.165, 1.54) is 16.4 Å². The Morgan fingerprint density at radius 2 is 1.69 bits per heavy atom. The first-order valence-electron chi connectivity index (χ1n) is 16.7. The Labute approximate surface area is 285 Å². The number of nitrogens with two attached hydrogens (primary N) is 1. The van der Waals surface area contributed by atoms with Crippen LogP contribution in [0.2, 0.25) is 18.1 Å². The number of ether oxygens (including phenoxy) is 1. The molecule has 0 radical (unpaired) electrons. The van der Waals surface area contributed by atoms with E-state index in [-0.39, 0.29) is 22.6 Å². The molecule has 2 aromatic carbocycles. The molecule has 258 valence electrons. The quantitative estimate of drug-likeness (QED) is 0.102. The number of carbonyl (C=O) groups excluding carboxylic acids is 1. The standard InChI is InChI=1S/C36H49N5O5SSi/c1-35(2,3)48(4,5)46-24-12-20-36(40-34(42)45-26-27-13-8-6-9-14-27)21-17-28(18-22-36)39-32-30-19-23-41(33(30)38-25-31(32)37)47(43,44)29-15-10-7-11-16-29/h6-11,13-16,19,23,25,28H,12,17-18,20-22,24,26,37H2,1-5H3,(H,38,39)(H,40,42). The van der Waals surface area contributed by atoms with Gasteiger partial charge in [0, 0.05) is 29.8 Å². The second-order valence-electron chi connectivity index (χ2n) is 14.4. The highest BCUT2D eigenvalue weighted by Gasteiger charge is 2.39. The molecule has 1 amide bonds. The van der Waals surface area contributed by atoms with Crippen molar-refractivity contribution in [2.45, 2.75) is 101 Å². The van der Waals surface area contributed by atoms with Crippen LogP contribution in [0.15, 0.2) is 84.0 Å². The van der Waals surface area contributed by atoms with E-state index < -0.39 is 30.0 Å². The molecule has 0 atom stereocenters. The third-order valence-corrected chi connectivity index (χ3v) is 16.2. The normalized spacial score (nSPS) is 18.8. The molecule has 1 aliphatic rings. The van der Waals surface area contributed by atoms with Crippen molar-refractivity contribution in [3.63, 3.8) is 0 Å². The number of nitrogens with zero attached hydrogens (tertiary/aromatic N) is 2. The Balaban J connectivity index is 1.29. The summed E-state index contributed by atoms with van der Waals surface area (Å²) in [5.41, 5.74) is 8.33. The summed E-state index contributed by atoms with van der Waals surface area (Å²) in [7, 11) is -5.73. The molecular weight excluding hydrogens is 643 g/mol. The molecule has 5 rings (SSSR count). The number of amides is 1. The Kier molecular flexibility index (Phi) is 10.6. The predicted octanol–water partition coefficient (Wildman–Crippen LogP) is 7.68. The Bertz CT molecular complexity index is 1800. The van der Waals surface area contributed by atoms with Gasteiger partial charge in [-0.25, -0.2) is 22.2 Å². The van der Waals surface area contributed by atoms with Crippen molar-refractivity contribution in [2.75, 3.05) is 17.7 Å². The van der Waals surface area contributed by atoms with Gasteiger partial charge in [0.25, 0.3) is 10.0 Å². The van der Waals surface area contributed by atoms with Gasteiger partial charge in [0.15, 0.2) is 14.0 Å². The maximum atomic E-state index is 13.4. The van der Waals surface area contributed by atoms with E-state index in [4.69, 9.17) is 14.9 Å². The minimum Gasteiger partial charge on any atom is -0.445 e. The summed E-state index contributed by atoms with van der Waals surface area (Å²) in [5, 5.41) is 7.62. The van der Waals surface area contributed by atoms with Crippen LogP contribution in [0.4, 0.5) is 16.2 Å². The molecule has 10 nitrogen and oxygen atoms in total. The summed E-state index contributed by atoms with van der Waals surface area (Å²) < 4.78 is 40.1. The van der Waals surface area contributed by atoms with Gasteiger partial charge >= 0.3 is 6.09 Å². The van der Waals surface area contributed by atoms with Crippen LogP contribution in [0.5, 0.6) is 0 Å². The van der Waals surface area contributed by atoms with Crippen molar-refractivity contribution in [3.05, 3.63) is 84.7 Å². The molecule has 4 N–H and O–H groups in total. The van der Waals surface area contributed by atoms with Crippen LogP contribution in [0, 0.1) is 0 Å². The highest BCUT2D eigenvalue weighted by atomic mass is 32.2. The van der Waals surface area contributed by atoms with Crippen LogP contribution >= 0.6 is 0 Å². The summed E-state index contributed by atoms with van der Waals surface area (Å²) in [5.74, 6) is 0. The predicted molar refractivity (Wildman–Crippen MR) is 194 cm³/mol. The third-order valence-electron chi connectivity index (χ3n) is 9.95. The highest BCUT2D eigenvalue weighted by molar-refractivity contribution is 7.90. The van der Waals surface area contributed by atoms with Crippen molar-refractivity contribution in [1.82, 2.24) is 14.3 Å². The number of fused-ring (bicyclic) bond motifs is 1. The van der Waals surface area contributed by atoms with Crippen LogP contribution < -0.4 is 16.4 Å². The first-order valence-corrected chi connectivity index (χ1v) is 21.0. The van der Waals surface area contributed by atoms with Gasteiger partial charge in [-0.2, -0.15) is 0 Å². The zero-order valence-electron chi connectivity index (χ0n) is 28.7. The van der Waals surface area contributed by atoms with E-state index in [0.29, 0.717) is 29.0 Å². The van der Waals surface area contributed by atoms with Crippen LogP contribution in [0.25, 0.3) is 11.0 Å². The van der Waals surface area contributed by atoms with E-state index in [1.807, 2.05) is 30.3 Å². The fourth-order valence-electron chi connectivity index (χ4n) is 6.03. The number of hydrogen-bond acceptors (Lipinski definition) is 8. The first-order chi connectivity index (χ1) is 22.7. The van der Waals surface area contributed by atoms with Gasteiger partial charge in [0.2, 0.25) is 0 Å². The van der Waals surface area contributed by atoms with Crippen LogP contribution in [-0.2, 0) is 25.8 Å². The monoisotopic (exact) mass is 691 g/mol. The zero-order chi connectivity index (χ0) is 34.6. The van der Waals surface area contributed by atoms with Gasteiger partial charge in [-0.1, -0.05) is 69.3 Å². The lowest BCUT2D eigenvalue weighted by Crippen LogP contribution is -2.52. The average Bonchev–Trinajstić information content (AvgIpc) is 3.50. The van der Waals surface area contributed by atoms with Gasteiger partial charge in [-0.15, -0.1) is 0 Å². The molecule has 1 aliphatic carbocycles. The fourth-order valence-corrected chi connectivity index (χ4v) is 8.44. The topological polar surface area (TPSA) is 138 Å². The van der Waals surface area contributed by atoms with Crippen LogP contribution in [0.1, 0.15) is 64.9 Å². The molecule has 0 saturated heterocycles. The number of benzene rings is 2. The minimum absolute atomic E-state index is 0.0609. The van der Waals surface area contributed by atoms with Crippen molar-refractivity contribution in [3.8, 4) is 0 Å². The summed E-state index contributed by atoms with van der Waals surface area (Å²) >= 11 is 0. The van der Waals surface area contributed by atoms with E-state index in [0.717, 1.165) is 44.1 Å². The molecule has 4 aromatic rings. The van der Waals surface area contributed by atoms with Crippen molar-refractivity contribution in [2.24, 2.45) is 0 Å². The van der Waals surface area contributed by atoms with Crippen LogP contribution in [-0.4, -0.2) is 50.0 Å². The van der Waals surface area contributed by atoms with E-state index >= 15 is 0 Å². The lowest BCUT2D eigenvalue weighted by molar-refractivity contribution is 0.111. The Morgan fingerprint density at radius 3 is 2.33 bits per heavy atom. The minimum atomic E-state index is -3.84. The number of carbonyl (C=O) groups is 1. The zero-order valence-corrected chi connectivity index (χ0v) is 30.5. The number of nitrogen functional groups attached to an aromatic ring is 1. The molecule has 48 heavy (non-hydrogen) atoms. The molecule has 1 saturated carbocycles. The molecule has 0 aliphatic heterocycles. The lowest BCUT2D eigenvalue weighted by atomic mass is 9.76. The summed E-state index contributed by atoms with van der Waals surface area (Å²) in [4.78, 5) is 17.7. The SMILES string of the molecule is CC(C)(C)[Si](C)(C)OCCCC1(NC(=O)OCc2ccccc2)CCC(Nc2c(N)cnc3c2ccn3S(=O)(=O)c2ccccc2)CC1. The largest absolute Gasteiger partial charge is 0.445 e. The highest BCUT2D eigenvalue weighted by Crippen LogP contribution is 2.39. The summed E-state index contributed by atoms with van der Waals surface area (Å²) in [6.07, 6.45) is 7.22. The number of pyridine rings is 1. The number of nitrogens with one attached hydrogen (secondary N) is 2. The van der Waals surface area contributed by atoms with Gasteiger partial charge in [0.05, 0.1) is 22.5 Å². The summed E-state index contributed by atoms with van der Waals surface area (Å²) in [6, 6.07) is 19.8.